The summed E-state index contributed by atoms with van der Waals surface area (Å²) in [6.45, 7) is 1.37. The molecule has 2 aromatic heterocycles. The fraction of sp³-hybridized carbons (Fsp3) is 0.217. The molecule has 1 atom stereocenters. The average molecular weight is 399 g/mol. The fourth-order valence-corrected chi connectivity index (χ4v) is 3.49. The van der Waals surface area contributed by atoms with Crippen LogP contribution in [-0.4, -0.2) is 29.0 Å². The van der Waals surface area contributed by atoms with Crippen molar-refractivity contribution in [3.05, 3.63) is 72.7 Å². The van der Waals surface area contributed by atoms with Crippen LogP contribution < -0.4 is 15.0 Å². The van der Waals surface area contributed by atoms with Gasteiger partial charge in [0.25, 0.3) is 0 Å². The number of carbonyl (C=O) groups is 1. The molecular weight excluding hydrogens is 378 g/mol. The number of nitrogens with one attached hydrogen (secondary N) is 1. The van der Waals surface area contributed by atoms with Gasteiger partial charge in [0, 0.05) is 25.5 Å². The maximum atomic E-state index is 13.0. The third kappa shape index (κ3) is 4.55. The summed E-state index contributed by atoms with van der Waals surface area (Å²) in [6.07, 6.45) is 6.61. The molecule has 30 heavy (non-hydrogen) atoms. The molecule has 0 spiro atoms. The van der Waals surface area contributed by atoms with Crippen LogP contribution in [0.25, 0.3) is 0 Å². The van der Waals surface area contributed by atoms with Crippen molar-refractivity contribution in [2.24, 2.45) is 5.92 Å². The minimum Gasteiger partial charge on any atom is -0.454 e. The molecule has 1 saturated heterocycles. The van der Waals surface area contributed by atoms with Crippen molar-refractivity contribution in [1.82, 2.24) is 9.97 Å². The van der Waals surface area contributed by atoms with Gasteiger partial charge >= 0.3 is 0 Å². The highest BCUT2D eigenvalue weighted by atomic mass is 16.5. The number of nitrogens with zero attached hydrogens (tertiary/aromatic N) is 4. The Morgan fingerprint density at radius 3 is 2.93 bits per heavy atom. The van der Waals surface area contributed by atoms with Gasteiger partial charge in [0.15, 0.2) is 5.75 Å². The average Bonchev–Trinajstić information content (AvgIpc) is 2.81. The topological polar surface area (TPSA) is 91.1 Å². The smallest absolute Gasteiger partial charge is 0.229 e. The van der Waals surface area contributed by atoms with Crippen LogP contribution in [0.3, 0.4) is 0 Å². The predicted octanol–water partition coefficient (Wildman–Crippen LogP) is 4.00. The molecule has 1 N–H and O–H groups in total. The molecule has 3 aromatic rings. The monoisotopic (exact) mass is 399 g/mol. The van der Waals surface area contributed by atoms with Gasteiger partial charge in [-0.25, -0.2) is 4.98 Å². The second kappa shape index (κ2) is 9.05. The molecule has 1 aliphatic heterocycles. The molecule has 7 nitrogen and oxygen atoms in total. The van der Waals surface area contributed by atoms with Crippen LogP contribution in [0.4, 0.5) is 11.5 Å². The van der Waals surface area contributed by atoms with Gasteiger partial charge < -0.3 is 15.0 Å². The number of pyridine rings is 2. The quantitative estimate of drug-likeness (QED) is 0.697. The summed E-state index contributed by atoms with van der Waals surface area (Å²) in [5, 5.41) is 12.1. The van der Waals surface area contributed by atoms with Crippen LogP contribution in [0.2, 0.25) is 0 Å². The maximum absolute atomic E-state index is 13.0. The van der Waals surface area contributed by atoms with Gasteiger partial charge in [-0.05, 0) is 49.2 Å². The molecule has 150 valence electrons. The number of ether oxygens (including phenoxy) is 1. The Hall–Kier alpha value is -3.92. The first-order valence-corrected chi connectivity index (χ1v) is 9.82. The van der Waals surface area contributed by atoms with Crippen molar-refractivity contribution in [2.75, 3.05) is 23.3 Å². The molecule has 1 aliphatic rings. The summed E-state index contributed by atoms with van der Waals surface area (Å²) in [7, 11) is 0. The second-order valence-corrected chi connectivity index (χ2v) is 7.08. The lowest BCUT2D eigenvalue weighted by molar-refractivity contribution is -0.120. The van der Waals surface area contributed by atoms with E-state index in [0.717, 1.165) is 25.2 Å². The summed E-state index contributed by atoms with van der Waals surface area (Å²) < 4.78 is 5.89. The Bertz CT molecular complexity index is 1060. The minimum atomic E-state index is -0.183. The normalized spacial score (nSPS) is 15.8. The molecule has 1 amide bonds. The standard InChI is InChI=1S/C23H21N5O2/c24-14-17-9-11-26-22(13-17)28-12-4-5-18(16-28)23(29)27-20-7-1-2-8-21(20)30-19-6-3-10-25-15-19/h1-3,6-11,13,15,18H,4-5,12,16H2,(H,27,29)/t18-/m1/s1. The Morgan fingerprint density at radius 1 is 1.20 bits per heavy atom. The second-order valence-electron chi connectivity index (χ2n) is 7.08. The Labute approximate surface area is 175 Å². The number of para-hydroxylation sites is 2. The molecule has 0 bridgehead atoms. The van der Waals surface area contributed by atoms with E-state index >= 15 is 0 Å². The van der Waals surface area contributed by atoms with Gasteiger partial charge in [-0.3, -0.25) is 9.78 Å². The number of rotatable bonds is 5. The van der Waals surface area contributed by atoms with E-state index in [1.807, 2.05) is 30.3 Å². The van der Waals surface area contributed by atoms with Crippen molar-refractivity contribution in [3.63, 3.8) is 0 Å². The van der Waals surface area contributed by atoms with Gasteiger partial charge in [0.1, 0.15) is 11.6 Å². The highest BCUT2D eigenvalue weighted by molar-refractivity contribution is 5.94. The number of anilines is 2. The first-order chi connectivity index (χ1) is 14.7. The van der Waals surface area contributed by atoms with Crippen LogP contribution in [0.5, 0.6) is 11.5 Å². The van der Waals surface area contributed by atoms with Gasteiger partial charge in [0.05, 0.1) is 29.4 Å². The SMILES string of the molecule is N#Cc1ccnc(N2CCC[C@@H](C(=O)Nc3ccccc3Oc3cccnc3)C2)c1. The summed E-state index contributed by atoms with van der Waals surface area (Å²) in [6, 6.07) is 16.5. The lowest BCUT2D eigenvalue weighted by atomic mass is 9.97. The van der Waals surface area contributed by atoms with Gasteiger partial charge in [-0.15, -0.1) is 0 Å². The molecule has 1 fully saturated rings. The maximum Gasteiger partial charge on any atom is 0.229 e. The molecular formula is C23H21N5O2. The fourth-order valence-electron chi connectivity index (χ4n) is 3.49. The van der Waals surface area contributed by atoms with Crippen LogP contribution in [0, 0.1) is 17.2 Å². The van der Waals surface area contributed by atoms with Crippen molar-refractivity contribution in [1.29, 1.82) is 5.26 Å². The molecule has 7 heteroatoms. The molecule has 4 rings (SSSR count). The van der Waals surface area contributed by atoms with E-state index in [9.17, 15) is 4.79 Å². The Kier molecular flexibility index (Phi) is 5.85. The van der Waals surface area contributed by atoms with E-state index in [-0.39, 0.29) is 11.8 Å². The van der Waals surface area contributed by atoms with E-state index in [0.29, 0.717) is 29.3 Å². The van der Waals surface area contributed by atoms with Crippen molar-refractivity contribution >= 4 is 17.4 Å². The number of amides is 1. The Balaban J connectivity index is 1.46. The number of hydrogen-bond acceptors (Lipinski definition) is 6. The third-order valence-corrected chi connectivity index (χ3v) is 5.00. The molecule has 0 saturated carbocycles. The van der Waals surface area contributed by atoms with Crippen LogP contribution >= 0.6 is 0 Å². The molecule has 1 aromatic carbocycles. The number of piperidine rings is 1. The molecule has 3 heterocycles. The lowest BCUT2D eigenvalue weighted by Crippen LogP contribution is -2.41. The summed E-state index contributed by atoms with van der Waals surface area (Å²) in [4.78, 5) is 23.5. The molecule has 0 aliphatic carbocycles. The van der Waals surface area contributed by atoms with Gasteiger partial charge in [-0.1, -0.05) is 12.1 Å². The van der Waals surface area contributed by atoms with E-state index in [4.69, 9.17) is 10.00 Å². The highest BCUT2D eigenvalue weighted by Crippen LogP contribution is 2.30. The van der Waals surface area contributed by atoms with Crippen molar-refractivity contribution in [3.8, 4) is 17.6 Å². The number of carbonyl (C=O) groups excluding carboxylic acids is 1. The zero-order valence-electron chi connectivity index (χ0n) is 16.4. The van der Waals surface area contributed by atoms with Gasteiger partial charge in [0.2, 0.25) is 5.91 Å². The lowest BCUT2D eigenvalue weighted by Gasteiger charge is -2.33. The van der Waals surface area contributed by atoms with E-state index in [2.05, 4.69) is 26.3 Å². The van der Waals surface area contributed by atoms with Crippen molar-refractivity contribution in [2.45, 2.75) is 12.8 Å². The van der Waals surface area contributed by atoms with E-state index < -0.39 is 0 Å². The largest absolute Gasteiger partial charge is 0.454 e. The van der Waals surface area contributed by atoms with Crippen LogP contribution in [0.1, 0.15) is 18.4 Å². The van der Waals surface area contributed by atoms with Gasteiger partial charge in [-0.2, -0.15) is 5.26 Å². The predicted molar refractivity (Wildman–Crippen MR) is 113 cm³/mol. The highest BCUT2D eigenvalue weighted by Gasteiger charge is 2.27. The molecule has 0 unspecified atom stereocenters. The first-order valence-electron chi connectivity index (χ1n) is 9.82. The minimum absolute atomic E-state index is 0.0571. The first kappa shape index (κ1) is 19.4. The summed E-state index contributed by atoms with van der Waals surface area (Å²) >= 11 is 0. The number of benzene rings is 1. The summed E-state index contributed by atoms with van der Waals surface area (Å²) in [5.41, 5.74) is 1.18. The number of aromatic nitrogens is 2. The van der Waals surface area contributed by atoms with E-state index in [1.165, 1.54) is 0 Å². The summed E-state index contributed by atoms with van der Waals surface area (Å²) in [5.74, 6) is 1.66. The zero-order valence-corrected chi connectivity index (χ0v) is 16.4. The molecule has 0 radical (unpaired) electrons. The van der Waals surface area contributed by atoms with Crippen molar-refractivity contribution < 1.29 is 9.53 Å². The third-order valence-electron chi connectivity index (χ3n) is 5.00. The number of hydrogen-bond donors (Lipinski definition) is 1. The number of nitriles is 1. The van der Waals surface area contributed by atoms with E-state index in [1.54, 1.807) is 36.8 Å². The Morgan fingerprint density at radius 2 is 2.10 bits per heavy atom. The van der Waals surface area contributed by atoms with Crippen LogP contribution in [-0.2, 0) is 4.79 Å². The zero-order chi connectivity index (χ0) is 20.8. The van der Waals surface area contributed by atoms with Crippen LogP contribution in [0.15, 0.2) is 67.1 Å².